The maximum atomic E-state index is 13.2. The molecular formula is C18H18FN3OS. The van der Waals surface area contributed by atoms with E-state index in [0.717, 1.165) is 36.2 Å². The van der Waals surface area contributed by atoms with Gasteiger partial charge in [0.15, 0.2) is 4.96 Å². The number of hydrogen-bond donors (Lipinski definition) is 1. The first kappa shape index (κ1) is 15.3. The van der Waals surface area contributed by atoms with E-state index in [2.05, 4.69) is 10.3 Å². The predicted octanol–water partition coefficient (Wildman–Crippen LogP) is 4.72. The molecule has 0 radical (unpaired) electrons. The van der Waals surface area contributed by atoms with Gasteiger partial charge in [0, 0.05) is 23.1 Å². The molecule has 4 rings (SSSR count). The summed E-state index contributed by atoms with van der Waals surface area (Å²) >= 11 is 1.51. The van der Waals surface area contributed by atoms with Gasteiger partial charge >= 0.3 is 0 Å². The van der Waals surface area contributed by atoms with Crippen molar-refractivity contribution in [3.8, 4) is 11.3 Å². The third-order valence-corrected chi connectivity index (χ3v) is 5.35. The molecule has 1 amide bonds. The molecule has 4 nitrogen and oxygen atoms in total. The van der Waals surface area contributed by atoms with Crippen LogP contribution < -0.4 is 5.32 Å². The predicted molar refractivity (Wildman–Crippen MR) is 93.7 cm³/mol. The highest BCUT2D eigenvalue weighted by Gasteiger charge is 2.24. The van der Waals surface area contributed by atoms with Crippen LogP contribution in [-0.4, -0.2) is 15.3 Å². The normalized spacial score (nSPS) is 15.7. The summed E-state index contributed by atoms with van der Waals surface area (Å²) in [7, 11) is 0. The Bertz CT molecular complexity index is 862. The standard InChI is InChI=1S/C18H18FN3OS/c19-14-8-6-12(7-9-14)15-16(22-10-11-24-18(22)20-15)21-17(23)13-4-2-1-3-5-13/h6-11,13H,1-5H2,(H,21,23). The zero-order valence-corrected chi connectivity index (χ0v) is 14.0. The number of fused-ring (bicyclic) bond motifs is 1. The van der Waals surface area contributed by atoms with E-state index in [1.807, 2.05) is 16.0 Å². The molecule has 1 N–H and O–H groups in total. The van der Waals surface area contributed by atoms with Crippen LogP contribution in [0.5, 0.6) is 0 Å². The quantitative estimate of drug-likeness (QED) is 0.748. The largest absolute Gasteiger partial charge is 0.310 e. The summed E-state index contributed by atoms with van der Waals surface area (Å²) in [6.07, 6.45) is 7.24. The highest BCUT2D eigenvalue weighted by molar-refractivity contribution is 7.15. The summed E-state index contributed by atoms with van der Waals surface area (Å²) in [6, 6.07) is 6.21. The molecule has 0 aliphatic heterocycles. The van der Waals surface area contributed by atoms with Gasteiger partial charge in [-0.15, -0.1) is 11.3 Å². The van der Waals surface area contributed by atoms with Crippen molar-refractivity contribution in [1.29, 1.82) is 0 Å². The summed E-state index contributed by atoms with van der Waals surface area (Å²) < 4.78 is 15.1. The Kier molecular flexibility index (Phi) is 4.06. The van der Waals surface area contributed by atoms with Crippen LogP contribution in [0.3, 0.4) is 0 Å². The van der Waals surface area contributed by atoms with Crippen molar-refractivity contribution in [2.24, 2.45) is 5.92 Å². The fraction of sp³-hybridized carbons (Fsp3) is 0.333. The number of anilines is 1. The molecule has 2 aromatic heterocycles. The molecule has 1 aromatic carbocycles. The second-order valence-electron chi connectivity index (χ2n) is 6.20. The van der Waals surface area contributed by atoms with E-state index in [-0.39, 0.29) is 17.6 Å². The number of rotatable bonds is 3. The molecular weight excluding hydrogens is 325 g/mol. The average Bonchev–Trinajstić information content (AvgIpc) is 3.19. The topological polar surface area (TPSA) is 46.4 Å². The fourth-order valence-corrected chi connectivity index (χ4v) is 4.01. The lowest BCUT2D eigenvalue weighted by Crippen LogP contribution is -2.25. The van der Waals surface area contributed by atoms with Gasteiger partial charge in [-0.1, -0.05) is 19.3 Å². The van der Waals surface area contributed by atoms with Crippen molar-refractivity contribution in [2.75, 3.05) is 5.32 Å². The molecule has 1 saturated carbocycles. The number of benzene rings is 1. The molecule has 6 heteroatoms. The molecule has 2 heterocycles. The van der Waals surface area contributed by atoms with E-state index in [1.165, 1.54) is 29.9 Å². The molecule has 24 heavy (non-hydrogen) atoms. The maximum Gasteiger partial charge on any atom is 0.228 e. The van der Waals surface area contributed by atoms with Gasteiger partial charge in [0.05, 0.1) is 0 Å². The lowest BCUT2D eigenvalue weighted by atomic mass is 9.88. The Morgan fingerprint density at radius 1 is 1.21 bits per heavy atom. The molecule has 1 aliphatic rings. The lowest BCUT2D eigenvalue weighted by Gasteiger charge is -2.20. The van der Waals surface area contributed by atoms with Gasteiger partial charge in [-0.2, -0.15) is 0 Å². The molecule has 0 saturated heterocycles. The number of carbonyl (C=O) groups is 1. The van der Waals surface area contributed by atoms with Crippen molar-refractivity contribution < 1.29 is 9.18 Å². The van der Waals surface area contributed by atoms with Crippen LogP contribution in [0.25, 0.3) is 16.2 Å². The molecule has 0 spiro atoms. The monoisotopic (exact) mass is 343 g/mol. The Morgan fingerprint density at radius 3 is 2.71 bits per heavy atom. The molecule has 0 bridgehead atoms. The first-order valence-electron chi connectivity index (χ1n) is 8.25. The smallest absolute Gasteiger partial charge is 0.228 e. The summed E-state index contributed by atoms with van der Waals surface area (Å²) in [4.78, 5) is 18.1. The van der Waals surface area contributed by atoms with Gasteiger partial charge in [0.1, 0.15) is 17.3 Å². The van der Waals surface area contributed by atoms with Gasteiger partial charge in [0.2, 0.25) is 5.91 Å². The minimum absolute atomic E-state index is 0.0612. The first-order valence-corrected chi connectivity index (χ1v) is 9.13. The molecule has 3 aromatic rings. The number of nitrogens with zero attached hydrogens (tertiary/aromatic N) is 2. The number of amides is 1. The number of hydrogen-bond acceptors (Lipinski definition) is 3. The van der Waals surface area contributed by atoms with E-state index < -0.39 is 0 Å². The van der Waals surface area contributed by atoms with Crippen LogP contribution in [0.4, 0.5) is 10.2 Å². The van der Waals surface area contributed by atoms with Crippen molar-refractivity contribution in [1.82, 2.24) is 9.38 Å². The summed E-state index contributed by atoms with van der Waals surface area (Å²) in [5, 5.41) is 5.01. The van der Waals surface area contributed by atoms with Gasteiger partial charge in [-0.3, -0.25) is 9.20 Å². The molecule has 0 atom stereocenters. The van der Waals surface area contributed by atoms with Crippen LogP contribution in [0, 0.1) is 11.7 Å². The Labute approximate surface area is 143 Å². The van der Waals surface area contributed by atoms with E-state index >= 15 is 0 Å². The van der Waals surface area contributed by atoms with Crippen LogP contribution in [0.2, 0.25) is 0 Å². The van der Waals surface area contributed by atoms with Crippen molar-refractivity contribution in [2.45, 2.75) is 32.1 Å². The van der Waals surface area contributed by atoms with E-state index in [9.17, 15) is 9.18 Å². The minimum atomic E-state index is -0.285. The number of halogens is 1. The van der Waals surface area contributed by atoms with Crippen LogP contribution in [0.15, 0.2) is 35.8 Å². The Morgan fingerprint density at radius 2 is 1.96 bits per heavy atom. The van der Waals surface area contributed by atoms with Crippen molar-refractivity contribution in [3.63, 3.8) is 0 Å². The van der Waals surface area contributed by atoms with Crippen LogP contribution >= 0.6 is 11.3 Å². The Hall–Kier alpha value is -2.21. The fourth-order valence-electron chi connectivity index (χ4n) is 3.30. The summed E-state index contributed by atoms with van der Waals surface area (Å²) in [5.74, 6) is 0.524. The van der Waals surface area contributed by atoms with E-state index in [1.54, 1.807) is 12.1 Å². The Balaban J connectivity index is 1.70. The van der Waals surface area contributed by atoms with Crippen molar-refractivity contribution in [3.05, 3.63) is 41.7 Å². The molecule has 1 aliphatic carbocycles. The highest BCUT2D eigenvalue weighted by atomic mass is 32.1. The second-order valence-corrected chi connectivity index (χ2v) is 7.07. The first-order chi connectivity index (χ1) is 11.7. The van der Waals surface area contributed by atoms with Gasteiger partial charge in [0.25, 0.3) is 0 Å². The maximum absolute atomic E-state index is 13.2. The highest BCUT2D eigenvalue weighted by Crippen LogP contribution is 2.32. The molecule has 1 fully saturated rings. The third kappa shape index (κ3) is 2.82. The molecule has 124 valence electrons. The minimum Gasteiger partial charge on any atom is -0.310 e. The van der Waals surface area contributed by atoms with Gasteiger partial charge in [-0.25, -0.2) is 9.37 Å². The number of imidazole rings is 1. The number of nitrogens with one attached hydrogen (secondary N) is 1. The summed E-state index contributed by atoms with van der Waals surface area (Å²) in [6.45, 7) is 0. The van der Waals surface area contributed by atoms with E-state index in [4.69, 9.17) is 0 Å². The lowest BCUT2D eigenvalue weighted by molar-refractivity contribution is -0.120. The van der Waals surface area contributed by atoms with Crippen molar-refractivity contribution >= 4 is 28.0 Å². The SMILES string of the molecule is O=C(Nc1c(-c2ccc(F)cc2)nc2sccn12)C1CCCCC1. The number of carbonyl (C=O) groups excluding carboxylic acids is 1. The third-order valence-electron chi connectivity index (χ3n) is 4.60. The summed E-state index contributed by atoms with van der Waals surface area (Å²) in [5.41, 5.74) is 1.48. The van der Waals surface area contributed by atoms with Crippen LogP contribution in [0.1, 0.15) is 32.1 Å². The number of thiazole rings is 1. The average molecular weight is 343 g/mol. The second kappa shape index (κ2) is 6.36. The van der Waals surface area contributed by atoms with Gasteiger partial charge < -0.3 is 5.32 Å². The number of aromatic nitrogens is 2. The van der Waals surface area contributed by atoms with E-state index in [0.29, 0.717) is 11.5 Å². The zero-order chi connectivity index (χ0) is 16.5. The molecule has 0 unspecified atom stereocenters. The zero-order valence-electron chi connectivity index (χ0n) is 13.2. The van der Waals surface area contributed by atoms with Gasteiger partial charge in [-0.05, 0) is 37.1 Å². The van der Waals surface area contributed by atoms with Crippen LogP contribution in [-0.2, 0) is 4.79 Å².